The lowest BCUT2D eigenvalue weighted by Crippen LogP contribution is -2.50. The average Bonchev–Trinajstić information content (AvgIpc) is 2.92. The first kappa shape index (κ1) is 32.4. The summed E-state index contributed by atoms with van der Waals surface area (Å²) in [6.07, 6.45) is 1.79. The van der Waals surface area contributed by atoms with E-state index in [0.29, 0.717) is 28.7 Å². The van der Waals surface area contributed by atoms with Crippen LogP contribution in [0.2, 0.25) is 10.0 Å². The van der Waals surface area contributed by atoms with Crippen LogP contribution in [0, 0.1) is 13.8 Å². The molecule has 0 unspecified atom stereocenters. The Morgan fingerprint density at radius 2 is 1.63 bits per heavy atom. The molecule has 41 heavy (non-hydrogen) atoms. The van der Waals surface area contributed by atoms with E-state index in [2.05, 4.69) is 5.32 Å². The molecule has 1 atom stereocenters. The van der Waals surface area contributed by atoms with E-state index in [1.807, 2.05) is 69.3 Å². The Balaban J connectivity index is 1.90. The highest BCUT2D eigenvalue weighted by molar-refractivity contribution is 7.92. The van der Waals surface area contributed by atoms with Crippen LogP contribution in [-0.2, 0) is 32.6 Å². The van der Waals surface area contributed by atoms with Gasteiger partial charge in [0.05, 0.1) is 22.0 Å². The number of anilines is 1. The summed E-state index contributed by atoms with van der Waals surface area (Å²) >= 11 is 12.4. The predicted octanol–water partition coefficient (Wildman–Crippen LogP) is 5.93. The highest BCUT2D eigenvalue weighted by atomic mass is 35.5. The molecule has 2 amide bonds. The van der Waals surface area contributed by atoms with Crippen LogP contribution < -0.4 is 9.62 Å². The number of nitrogens with zero attached hydrogens (tertiary/aromatic N) is 2. The number of sulfonamides is 1. The first-order valence-corrected chi connectivity index (χ1v) is 16.1. The molecule has 0 heterocycles. The van der Waals surface area contributed by atoms with Gasteiger partial charge in [-0.05, 0) is 67.6 Å². The summed E-state index contributed by atoms with van der Waals surface area (Å²) in [5.74, 6) is -0.532. The van der Waals surface area contributed by atoms with Gasteiger partial charge in [0, 0.05) is 32.5 Å². The van der Waals surface area contributed by atoms with Crippen LogP contribution in [0.5, 0.6) is 0 Å². The quantitative estimate of drug-likeness (QED) is 0.257. The molecule has 0 aliphatic rings. The molecule has 1 N–H and O–H groups in total. The standard InChI is InChI=1S/C31H37Cl2N3O4S/c1-5-34-31(38)29(20-24-10-7-6-8-11-24)35(21-25-15-16-26(32)27(33)19-25)30(37)12-9-17-36(41(4,39)40)28-18-22(2)13-14-23(28)3/h6-8,10-11,13-16,18-19,29H,5,9,12,17,20-21H2,1-4H3,(H,34,38)/t29-/m0/s1. The van der Waals surface area contributed by atoms with Crippen LogP contribution in [0.4, 0.5) is 5.69 Å². The second-order valence-corrected chi connectivity index (χ2v) is 12.8. The number of halogens is 2. The fraction of sp³-hybridized carbons (Fsp3) is 0.355. The topological polar surface area (TPSA) is 86.8 Å². The van der Waals surface area contributed by atoms with E-state index >= 15 is 0 Å². The van der Waals surface area contributed by atoms with Crippen molar-refractivity contribution in [2.45, 2.75) is 52.6 Å². The van der Waals surface area contributed by atoms with Gasteiger partial charge in [-0.15, -0.1) is 0 Å². The van der Waals surface area contributed by atoms with Gasteiger partial charge in [0.2, 0.25) is 21.8 Å². The average molecular weight is 619 g/mol. The molecule has 3 aromatic rings. The van der Waals surface area contributed by atoms with Crippen molar-refractivity contribution in [1.82, 2.24) is 10.2 Å². The van der Waals surface area contributed by atoms with Gasteiger partial charge in [0.15, 0.2) is 0 Å². The number of nitrogens with one attached hydrogen (secondary N) is 1. The van der Waals surface area contributed by atoms with Crippen molar-refractivity contribution < 1.29 is 18.0 Å². The third kappa shape index (κ3) is 9.21. The van der Waals surface area contributed by atoms with Gasteiger partial charge in [0.1, 0.15) is 6.04 Å². The number of hydrogen-bond donors (Lipinski definition) is 1. The summed E-state index contributed by atoms with van der Waals surface area (Å²) in [5, 5.41) is 3.61. The third-order valence-electron chi connectivity index (χ3n) is 6.74. The number of carbonyl (C=O) groups is 2. The molecule has 0 saturated carbocycles. The first-order chi connectivity index (χ1) is 19.4. The summed E-state index contributed by atoms with van der Waals surface area (Å²) in [4.78, 5) is 28.7. The van der Waals surface area contributed by atoms with Crippen molar-refractivity contribution in [1.29, 1.82) is 0 Å². The molecule has 0 fully saturated rings. The van der Waals surface area contributed by atoms with Crippen LogP contribution >= 0.6 is 23.2 Å². The minimum atomic E-state index is -3.59. The molecule has 220 valence electrons. The van der Waals surface area contributed by atoms with E-state index in [4.69, 9.17) is 23.2 Å². The van der Waals surface area contributed by atoms with E-state index in [1.165, 1.54) is 4.31 Å². The Morgan fingerprint density at radius 1 is 0.927 bits per heavy atom. The summed E-state index contributed by atoms with van der Waals surface area (Å²) in [6, 6.07) is 19.5. The fourth-order valence-corrected chi connectivity index (χ4v) is 5.99. The smallest absolute Gasteiger partial charge is 0.243 e. The molecule has 7 nitrogen and oxygen atoms in total. The molecule has 0 aromatic heterocycles. The summed E-state index contributed by atoms with van der Waals surface area (Å²) < 4.78 is 26.8. The molecule has 3 rings (SSSR count). The van der Waals surface area contributed by atoms with Gasteiger partial charge in [-0.2, -0.15) is 0 Å². The summed E-state index contributed by atoms with van der Waals surface area (Å²) in [5.41, 5.74) is 4.00. The van der Waals surface area contributed by atoms with Crippen molar-refractivity contribution in [2.24, 2.45) is 0 Å². The second-order valence-electron chi connectivity index (χ2n) is 10.1. The Morgan fingerprint density at radius 3 is 2.27 bits per heavy atom. The number of likely N-dealkylation sites (N-methyl/N-ethyl adjacent to an activating group) is 1. The fourth-order valence-electron chi connectivity index (χ4n) is 4.65. The van der Waals surface area contributed by atoms with E-state index in [1.54, 1.807) is 23.1 Å². The van der Waals surface area contributed by atoms with Crippen molar-refractivity contribution in [2.75, 3.05) is 23.7 Å². The lowest BCUT2D eigenvalue weighted by atomic mass is 10.0. The highest BCUT2D eigenvalue weighted by Crippen LogP contribution is 2.26. The predicted molar refractivity (Wildman–Crippen MR) is 167 cm³/mol. The Hall–Kier alpha value is -3.07. The van der Waals surface area contributed by atoms with Crippen molar-refractivity contribution >= 4 is 50.7 Å². The summed E-state index contributed by atoms with van der Waals surface area (Å²) in [6.45, 7) is 6.27. The van der Waals surface area contributed by atoms with E-state index in [9.17, 15) is 18.0 Å². The first-order valence-electron chi connectivity index (χ1n) is 13.5. The lowest BCUT2D eigenvalue weighted by molar-refractivity contribution is -0.141. The van der Waals surface area contributed by atoms with Crippen LogP contribution in [0.3, 0.4) is 0 Å². The molecule has 0 aliphatic heterocycles. The number of aryl methyl sites for hydroxylation is 2. The van der Waals surface area contributed by atoms with Gasteiger partial charge < -0.3 is 10.2 Å². The number of carbonyl (C=O) groups excluding carboxylic acids is 2. The van der Waals surface area contributed by atoms with Crippen LogP contribution in [-0.4, -0.2) is 50.5 Å². The SMILES string of the molecule is CCNC(=O)[C@H](Cc1ccccc1)N(Cc1ccc(Cl)c(Cl)c1)C(=O)CCCN(c1cc(C)ccc1C)S(C)(=O)=O. The third-order valence-corrected chi connectivity index (χ3v) is 8.66. The maximum Gasteiger partial charge on any atom is 0.243 e. The molecule has 0 aliphatic carbocycles. The second kappa shape index (κ2) is 14.7. The zero-order chi connectivity index (χ0) is 30.2. The lowest BCUT2D eigenvalue weighted by Gasteiger charge is -2.32. The number of benzene rings is 3. The van der Waals surface area contributed by atoms with Crippen molar-refractivity contribution in [3.8, 4) is 0 Å². The van der Waals surface area contributed by atoms with Gasteiger partial charge in [-0.25, -0.2) is 8.42 Å². The van der Waals surface area contributed by atoms with E-state index in [0.717, 1.165) is 28.5 Å². The maximum atomic E-state index is 13.8. The van der Waals surface area contributed by atoms with Gasteiger partial charge in [-0.1, -0.05) is 71.7 Å². The minimum Gasteiger partial charge on any atom is -0.355 e. The zero-order valence-corrected chi connectivity index (χ0v) is 26.2. The number of hydrogen-bond acceptors (Lipinski definition) is 4. The number of rotatable bonds is 13. The number of amides is 2. The van der Waals surface area contributed by atoms with E-state index in [-0.39, 0.29) is 37.7 Å². The van der Waals surface area contributed by atoms with Crippen molar-refractivity contribution in [3.63, 3.8) is 0 Å². The van der Waals surface area contributed by atoms with Gasteiger partial charge in [0.25, 0.3) is 0 Å². The van der Waals surface area contributed by atoms with E-state index < -0.39 is 16.1 Å². The Bertz CT molecular complexity index is 1470. The minimum absolute atomic E-state index is 0.0445. The summed E-state index contributed by atoms with van der Waals surface area (Å²) in [7, 11) is -3.59. The molecule has 10 heteroatoms. The van der Waals surface area contributed by atoms with Crippen molar-refractivity contribution in [3.05, 3.63) is 99.0 Å². The highest BCUT2D eigenvalue weighted by Gasteiger charge is 2.30. The van der Waals surface area contributed by atoms with Crippen LogP contribution in [0.15, 0.2) is 66.7 Å². The molecule has 0 spiro atoms. The molecular formula is C31H37Cl2N3O4S. The molecule has 0 radical (unpaired) electrons. The largest absolute Gasteiger partial charge is 0.355 e. The maximum absolute atomic E-state index is 13.8. The van der Waals surface area contributed by atoms with Gasteiger partial charge in [-0.3, -0.25) is 13.9 Å². The van der Waals surface area contributed by atoms with Gasteiger partial charge >= 0.3 is 0 Å². The van der Waals surface area contributed by atoms with Crippen LogP contribution in [0.1, 0.15) is 42.0 Å². The monoisotopic (exact) mass is 617 g/mol. The normalized spacial score (nSPS) is 12.0. The molecular weight excluding hydrogens is 581 g/mol. The Kier molecular flexibility index (Phi) is 11.6. The Labute approximate surface area is 253 Å². The zero-order valence-electron chi connectivity index (χ0n) is 23.9. The molecule has 0 saturated heterocycles. The molecule has 3 aromatic carbocycles. The molecule has 0 bridgehead atoms. The van der Waals surface area contributed by atoms with Crippen LogP contribution in [0.25, 0.3) is 0 Å².